The molecule has 0 saturated heterocycles. The maximum atomic E-state index is 10.7. The van der Waals surface area contributed by atoms with E-state index in [1.54, 1.807) is 12.1 Å². The Kier molecular flexibility index (Phi) is 3.25. The number of aryl methyl sites for hydroxylation is 2. The van der Waals surface area contributed by atoms with Gasteiger partial charge in [-0.1, -0.05) is 0 Å². The smallest absolute Gasteiger partial charge is 0.186 e. The van der Waals surface area contributed by atoms with E-state index in [0.717, 1.165) is 14.7 Å². The second-order valence-corrected chi connectivity index (χ2v) is 4.67. The van der Waals surface area contributed by atoms with Gasteiger partial charge in [-0.3, -0.25) is 0 Å². The monoisotopic (exact) mass is 296 g/mol. The van der Waals surface area contributed by atoms with Crippen LogP contribution in [0.4, 0.5) is 0 Å². The van der Waals surface area contributed by atoms with Crippen LogP contribution in [0.5, 0.6) is 0 Å². The van der Waals surface area contributed by atoms with Crippen LogP contribution in [0.2, 0.25) is 0 Å². The Bertz CT molecular complexity index is 313. The van der Waals surface area contributed by atoms with Gasteiger partial charge in [-0.25, -0.2) is 4.21 Å². The molecule has 0 saturated carbocycles. The summed E-state index contributed by atoms with van der Waals surface area (Å²) in [6, 6.07) is 3.48. The Morgan fingerprint density at radius 3 is 2.08 bits per heavy atom. The van der Waals surface area contributed by atoms with E-state index in [9.17, 15) is 4.21 Å². The summed E-state index contributed by atoms with van der Waals surface area (Å²) in [5, 5.41) is 0. The highest BCUT2D eigenvalue weighted by Crippen LogP contribution is 2.19. The van der Waals surface area contributed by atoms with Crippen LogP contribution in [0.3, 0.4) is 0 Å². The van der Waals surface area contributed by atoms with Gasteiger partial charge in [0.05, 0.1) is 4.90 Å². The van der Waals surface area contributed by atoms with Crippen LogP contribution in [0.25, 0.3) is 0 Å². The fourth-order valence-electron chi connectivity index (χ4n) is 1.01. The van der Waals surface area contributed by atoms with Crippen LogP contribution in [0, 0.1) is 17.4 Å². The van der Waals surface area contributed by atoms with E-state index in [1.165, 1.54) is 0 Å². The first-order chi connectivity index (χ1) is 5.52. The average Bonchev–Trinajstić information content (AvgIpc) is 1.99. The zero-order valence-electron chi connectivity index (χ0n) is 6.80. The van der Waals surface area contributed by atoms with Gasteiger partial charge in [-0.05, 0) is 59.7 Å². The lowest BCUT2D eigenvalue weighted by molar-refractivity contribution is 0.564. The van der Waals surface area contributed by atoms with E-state index in [1.807, 2.05) is 13.8 Å². The molecule has 12 heavy (non-hydrogen) atoms. The number of benzene rings is 1. The molecule has 1 rings (SSSR count). The van der Waals surface area contributed by atoms with Crippen molar-refractivity contribution in [3.8, 4) is 0 Å². The van der Waals surface area contributed by atoms with Crippen molar-refractivity contribution in [2.75, 3.05) is 0 Å². The first-order valence-electron chi connectivity index (χ1n) is 3.40. The molecule has 1 N–H and O–H groups in total. The summed E-state index contributed by atoms with van der Waals surface area (Å²) in [6.45, 7) is 3.87. The first-order valence-corrected chi connectivity index (χ1v) is 5.58. The number of hydrogen-bond donors (Lipinski definition) is 1. The fraction of sp³-hybridized carbons (Fsp3) is 0.250. The highest BCUT2D eigenvalue weighted by molar-refractivity contribution is 14.1. The number of hydrogen-bond acceptors (Lipinski definition) is 1. The quantitative estimate of drug-likeness (QED) is 0.638. The van der Waals surface area contributed by atoms with Gasteiger partial charge < -0.3 is 4.55 Å². The summed E-state index contributed by atoms with van der Waals surface area (Å²) in [5.74, 6) is 0. The lowest BCUT2D eigenvalue weighted by atomic mass is 10.2. The first kappa shape index (κ1) is 10.1. The van der Waals surface area contributed by atoms with E-state index in [-0.39, 0.29) is 0 Å². The Labute approximate surface area is 87.8 Å². The summed E-state index contributed by atoms with van der Waals surface area (Å²) >= 11 is 0.367. The Balaban J connectivity index is 3.31. The van der Waals surface area contributed by atoms with Gasteiger partial charge in [0.25, 0.3) is 0 Å². The summed E-state index contributed by atoms with van der Waals surface area (Å²) in [6.07, 6.45) is 0. The molecule has 1 atom stereocenters. The van der Waals surface area contributed by atoms with Gasteiger partial charge in [-0.15, -0.1) is 0 Å². The second-order valence-electron chi connectivity index (χ2n) is 2.62. The molecule has 0 radical (unpaired) electrons. The zero-order valence-corrected chi connectivity index (χ0v) is 9.77. The summed E-state index contributed by atoms with van der Waals surface area (Å²) in [7, 11) is 0. The maximum absolute atomic E-state index is 10.7. The highest BCUT2D eigenvalue weighted by atomic mass is 127. The molecular formula is C8H9IO2S. The molecule has 0 aromatic heterocycles. The van der Waals surface area contributed by atoms with Crippen LogP contribution in [0.1, 0.15) is 11.1 Å². The molecule has 0 amide bonds. The van der Waals surface area contributed by atoms with E-state index in [0.29, 0.717) is 4.90 Å². The summed E-state index contributed by atoms with van der Waals surface area (Å²) < 4.78 is 20.7. The molecule has 2 nitrogen and oxygen atoms in total. The van der Waals surface area contributed by atoms with Gasteiger partial charge in [0.15, 0.2) is 11.1 Å². The lowest BCUT2D eigenvalue weighted by Gasteiger charge is -2.04. The van der Waals surface area contributed by atoms with Crippen molar-refractivity contribution in [3.05, 3.63) is 26.8 Å². The average molecular weight is 296 g/mol. The van der Waals surface area contributed by atoms with Crippen molar-refractivity contribution in [1.29, 1.82) is 0 Å². The normalized spacial score (nSPS) is 13.0. The molecule has 4 heteroatoms. The van der Waals surface area contributed by atoms with Crippen molar-refractivity contribution in [1.82, 2.24) is 0 Å². The minimum Gasteiger partial charge on any atom is -0.302 e. The zero-order chi connectivity index (χ0) is 9.30. The van der Waals surface area contributed by atoms with Gasteiger partial charge in [0.1, 0.15) is 0 Å². The van der Waals surface area contributed by atoms with Gasteiger partial charge in [-0.2, -0.15) is 0 Å². The highest BCUT2D eigenvalue weighted by Gasteiger charge is 2.05. The molecule has 0 aliphatic heterocycles. The van der Waals surface area contributed by atoms with Crippen molar-refractivity contribution in [3.63, 3.8) is 0 Å². The lowest BCUT2D eigenvalue weighted by Crippen LogP contribution is -1.93. The Hall–Kier alpha value is 0.0600. The second kappa shape index (κ2) is 3.85. The molecule has 0 aliphatic rings. The van der Waals surface area contributed by atoms with Crippen LogP contribution >= 0.6 is 22.6 Å². The van der Waals surface area contributed by atoms with E-state index < -0.39 is 11.1 Å². The van der Waals surface area contributed by atoms with Crippen molar-refractivity contribution >= 4 is 33.7 Å². The molecule has 1 unspecified atom stereocenters. The SMILES string of the molecule is Cc1cc(S(=O)O)cc(C)c1I. The van der Waals surface area contributed by atoms with Crippen LogP contribution < -0.4 is 0 Å². The van der Waals surface area contributed by atoms with Crippen molar-refractivity contribution in [2.45, 2.75) is 18.7 Å². The molecule has 0 heterocycles. The predicted octanol–water partition coefficient (Wildman–Crippen LogP) is 2.49. The number of rotatable bonds is 1. The third kappa shape index (κ3) is 2.05. The largest absolute Gasteiger partial charge is 0.302 e. The molecule has 1 aromatic rings. The van der Waals surface area contributed by atoms with E-state index in [4.69, 9.17) is 4.55 Å². The Morgan fingerprint density at radius 1 is 1.33 bits per heavy atom. The minimum absolute atomic E-state index is 0.477. The summed E-state index contributed by atoms with van der Waals surface area (Å²) in [5.41, 5.74) is 2.10. The van der Waals surface area contributed by atoms with Crippen LogP contribution in [-0.4, -0.2) is 8.76 Å². The molecular weight excluding hydrogens is 287 g/mol. The minimum atomic E-state index is -1.86. The van der Waals surface area contributed by atoms with Crippen molar-refractivity contribution in [2.24, 2.45) is 0 Å². The third-order valence-corrected chi connectivity index (χ3v) is 3.95. The maximum Gasteiger partial charge on any atom is 0.186 e. The standard InChI is InChI=1S/C8H9IO2S/c1-5-3-7(12(10)11)4-6(2)8(5)9/h3-4H,1-2H3,(H,10,11). The van der Waals surface area contributed by atoms with Crippen LogP contribution in [0.15, 0.2) is 17.0 Å². The predicted molar refractivity (Wildman–Crippen MR) is 57.7 cm³/mol. The molecule has 0 spiro atoms. The topological polar surface area (TPSA) is 37.3 Å². The van der Waals surface area contributed by atoms with E-state index >= 15 is 0 Å². The van der Waals surface area contributed by atoms with E-state index in [2.05, 4.69) is 22.6 Å². The molecule has 66 valence electrons. The molecule has 0 bridgehead atoms. The molecule has 1 aromatic carbocycles. The fourth-order valence-corrected chi connectivity index (χ4v) is 1.87. The summed E-state index contributed by atoms with van der Waals surface area (Å²) in [4.78, 5) is 0.477. The Morgan fingerprint density at radius 2 is 1.75 bits per heavy atom. The van der Waals surface area contributed by atoms with Gasteiger partial charge in [0, 0.05) is 3.57 Å². The molecule has 0 aliphatic carbocycles. The van der Waals surface area contributed by atoms with Crippen LogP contribution in [-0.2, 0) is 11.1 Å². The molecule has 0 fully saturated rings. The van der Waals surface area contributed by atoms with Gasteiger partial charge in [0.2, 0.25) is 0 Å². The van der Waals surface area contributed by atoms with Crippen molar-refractivity contribution < 1.29 is 8.76 Å². The number of halogens is 1. The third-order valence-electron chi connectivity index (χ3n) is 1.61. The van der Waals surface area contributed by atoms with Gasteiger partial charge >= 0.3 is 0 Å².